The normalized spacial score (nSPS) is 9.43. The van der Waals surface area contributed by atoms with Crippen molar-refractivity contribution in [2.24, 2.45) is 0 Å². The summed E-state index contributed by atoms with van der Waals surface area (Å²) in [7, 11) is 0. The maximum atomic E-state index is 11.9. The molecule has 1 nitrogen and oxygen atoms in total. The van der Waals surface area contributed by atoms with Gasteiger partial charge in [0.15, 0.2) is 0 Å². The average Bonchev–Trinajstić information content (AvgIpc) is 1.91. The summed E-state index contributed by atoms with van der Waals surface area (Å²) >= 11 is 5.17. The van der Waals surface area contributed by atoms with Crippen LogP contribution in [0.2, 0.25) is 0 Å². The Bertz CT molecular complexity index is 144. The summed E-state index contributed by atoms with van der Waals surface area (Å²) < 4.78 is 12.8. The minimum Gasteiger partial charge on any atom is -0.235 e. The van der Waals surface area contributed by atoms with Crippen LogP contribution >= 0.6 is 11.8 Å². The lowest BCUT2D eigenvalue weighted by atomic mass is 10.7. The second-order valence-corrected chi connectivity index (χ2v) is 1.51. The van der Waals surface area contributed by atoms with Gasteiger partial charge >= 0.3 is 0 Å². The molecule has 0 bridgehead atoms. The predicted octanol–water partition coefficient (Wildman–Crippen LogP) is 1.63. The van der Waals surface area contributed by atoms with Crippen LogP contribution in [0.4, 0.5) is 4.39 Å². The first-order valence-electron chi connectivity index (χ1n) is 1.80. The average molecular weight is 120 g/mol. The van der Waals surface area contributed by atoms with Crippen LogP contribution in [0.5, 0.6) is 0 Å². The highest BCUT2D eigenvalue weighted by Gasteiger charge is 1.89. The summed E-state index contributed by atoms with van der Waals surface area (Å²) in [4.78, 5) is 0. The van der Waals surface area contributed by atoms with E-state index in [-0.39, 0.29) is 0 Å². The van der Waals surface area contributed by atoms with E-state index in [9.17, 15) is 4.39 Å². The fraction of sp³-hybridized carbons (Fsp3) is 0. The fourth-order valence-corrected chi connectivity index (χ4v) is 0.462. The Kier molecular flexibility index (Phi) is 1.02. The van der Waals surface area contributed by atoms with Crippen LogP contribution in [0.1, 0.15) is 0 Å². The molecule has 38 valence electrons. The molecule has 0 aromatic carbocycles. The maximum absolute atomic E-state index is 11.9. The summed E-state index contributed by atoms with van der Waals surface area (Å²) in [5, 5.41) is 0. The molecule has 1 heterocycles. The van der Waals surface area contributed by atoms with Crippen molar-refractivity contribution >= 4 is 11.8 Å². The van der Waals surface area contributed by atoms with Crippen molar-refractivity contribution in [3.8, 4) is 0 Å². The van der Waals surface area contributed by atoms with E-state index in [4.69, 9.17) is 11.8 Å². The number of aromatic nitrogens is 1. The predicted molar refractivity (Wildman–Crippen MR) is 25.6 cm³/mol. The molecule has 0 saturated carbocycles. The van der Waals surface area contributed by atoms with Crippen LogP contribution in [-0.2, 0) is 0 Å². The van der Waals surface area contributed by atoms with Gasteiger partial charge in [-0.25, -0.2) is 4.09 Å². The first kappa shape index (κ1) is 4.65. The van der Waals surface area contributed by atoms with Crippen molar-refractivity contribution in [2.45, 2.75) is 0 Å². The summed E-state index contributed by atoms with van der Waals surface area (Å²) in [5.41, 5.74) is 0. The van der Waals surface area contributed by atoms with Gasteiger partial charge in [0.2, 0.25) is 5.95 Å². The van der Waals surface area contributed by atoms with Gasteiger partial charge in [-0.1, -0.05) is 0 Å². The third kappa shape index (κ3) is 0.747. The quantitative estimate of drug-likeness (QED) is 0.489. The Morgan fingerprint density at radius 1 is 1.71 bits per heavy atom. The molecule has 1 aromatic heterocycles. The van der Waals surface area contributed by atoms with Gasteiger partial charge in [-0.05, 0) is 12.1 Å². The minimum atomic E-state index is -0.429. The van der Waals surface area contributed by atoms with E-state index in [0.29, 0.717) is 0 Å². The highest BCUT2D eigenvalue weighted by atomic mass is 35.5. The van der Waals surface area contributed by atoms with Crippen molar-refractivity contribution in [3.05, 3.63) is 24.3 Å². The van der Waals surface area contributed by atoms with E-state index < -0.39 is 5.95 Å². The summed E-state index contributed by atoms with van der Waals surface area (Å²) in [6.07, 6.45) is 1.43. The Morgan fingerprint density at radius 2 is 2.43 bits per heavy atom. The standard InChI is InChI=1S/C4H3ClFN/c5-7-3-1-2-4(7)6/h1-3H. The summed E-state index contributed by atoms with van der Waals surface area (Å²) in [5.74, 6) is -0.429. The Hall–Kier alpha value is -0.500. The molecule has 1 aromatic rings. The van der Waals surface area contributed by atoms with Gasteiger partial charge in [0.05, 0.1) is 0 Å². The van der Waals surface area contributed by atoms with E-state index in [1.165, 1.54) is 18.3 Å². The van der Waals surface area contributed by atoms with Crippen LogP contribution < -0.4 is 0 Å². The number of hydrogen-bond donors (Lipinski definition) is 0. The monoisotopic (exact) mass is 119 g/mol. The summed E-state index contributed by atoms with van der Waals surface area (Å²) in [6.45, 7) is 0. The van der Waals surface area contributed by atoms with Crippen molar-refractivity contribution in [1.82, 2.24) is 4.09 Å². The number of nitrogens with zero attached hydrogens (tertiary/aromatic N) is 1. The molecule has 0 saturated heterocycles. The first-order valence-corrected chi connectivity index (χ1v) is 2.13. The second-order valence-electron chi connectivity index (χ2n) is 1.14. The van der Waals surface area contributed by atoms with Gasteiger partial charge in [-0.3, -0.25) is 0 Å². The second kappa shape index (κ2) is 1.54. The van der Waals surface area contributed by atoms with Crippen LogP contribution in [0, 0.1) is 5.95 Å². The smallest absolute Gasteiger partial charge is 0.208 e. The van der Waals surface area contributed by atoms with Crippen molar-refractivity contribution < 1.29 is 4.39 Å². The van der Waals surface area contributed by atoms with E-state index in [0.717, 1.165) is 4.09 Å². The van der Waals surface area contributed by atoms with E-state index in [1.807, 2.05) is 0 Å². The SMILES string of the molecule is Fc1cccn1Cl. The molecule has 0 spiro atoms. The molecule has 0 unspecified atom stereocenters. The lowest BCUT2D eigenvalue weighted by Crippen LogP contribution is -1.77. The van der Waals surface area contributed by atoms with Gasteiger partial charge in [0.1, 0.15) is 0 Å². The number of halogens is 2. The van der Waals surface area contributed by atoms with Crippen LogP contribution in [-0.4, -0.2) is 4.09 Å². The lowest BCUT2D eigenvalue weighted by Gasteiger charge is -1.80. The van der Waals surface area contributed by atoms with E-state index >= 15 is 0 Å². The Balaban J connectivity index is 3.12. The van der Waals surface area contributed by atoms with E-state index in [2.05, 4.69) is 0 Å². The number of hydrogen-bond acceptors (Lipinski definition) is 0. The van der Waals surface area contributed by atoms with Gasteiger partial charge in [0, 0.05) is 18.0 Å². The van der Waals surface area contributed by atoms with Gasteiger partial charge in [-0.15, -0.1) is 0 Å². The van der Waals surface area contributed by atoms with Gasteiger partial charge in [0.25, 0.3) is 0 Å². The lowest BCUT2D eigenvalue weighted by molar-refractivity contribution is 0.577. The van der Waals surface area contributed by atoms with Crippen LogP contribution in [0.15, 0.2) is 18.3 Å². The maximum Gasteiger partial charge on any atom is 0.208 e. The molecule has 7 heavy (non-hydrogen) atoms. The van der Waals surface area contributed by atoms with Crippen molar-refractivity contribution in [3.63, 3.8) is 0 Å². The molecule has 0 atom stereocenters. The molecule has 1 rings (SSSR count). The Labute approximate surface area is 45.4 Å². The molecule has 0 aliphatic heterocycles. The third-order valence-electron chi connectivity index (χ3n) is 0.655. The largest absolute Gasteiger partial charge is 0.235 e. The topological polar surface area (TPSA) is 4.93 Å². The molecule has 0 aliphatic rings. The zero-order chi connectivity index (χ0) is 5.28. The van der Waals surface area contributed by atoms with Crippen molar-refractivity contribution in [1.29, 1.82) is 0 Å². The van der Waals surface area contributed by atoms with E-state index in [1.54, 1.807) is 0 Å². The molecule has 0 amide bonds. The molecule has 0 radical (unpaired) electrons. The zero-order valence-corrected chi connectivity index (χ0v) is 4.19. The van der Waals surface area contributed by atoms with Crippen molar-refractivity contribution in [2.75, 3.05) is 0 Å². The molecular weight excluding hydrogens is 117 g/mol. The molecule has 0 N–H and O–H groups in total. The van der Waals surface area contributed by atoms with Crippen LogP contribution in [0.25, 0.3) is 0 Å². The van der Waals surface area contributed by atoms with Gasteiger partial charge in [-0.2, -0.15) is 4.39 Å². The summed E-state index contributed by atoms with van der Waals surface area (Å²) in [6, 6.07) is 2.81. The highest BCUT2D eigenvalue weighted by molar-refractivity contribution is 6.15. The first-order chi connectivity index (χ1) is 3.30. The highest BCUT2D eigenvalue weighted by Crippen LogP contribution is 1.98. The molecular formula is C4H3ClFN. The Morgan fingerprint density at radius 3 is 2.57 bits per heavy atom. The van der Waals surface area contributed by atoms with Gasteiger partial charge < -0.3 is 0 Å². The third-order valence-corrected chi connectivity index (χ3v) is 0.929. The van der Waals surface area contributed by atoms with Crippen LogP contribution in [0.3, 0.4) is 0 Å². The zero-order valence-electron chi connectivity index (χ0n) is 3.44. The number of rotatable bonds is 0. The molecule has 0 fully saturated rings. The minimum absolute atomic E-state index is 0.429. The molecule has 0 aliphatic carbocycles. The fourth-order valence-electron chi connectivity index (χ4n) is 0.340. The molecule has 3 heteroatoms.